The molecule has 0 unspecified atom stereocenters. The van der Waals surface area contributed by atoms with Gasteiger partial charge in [-0.2, -0.15) is 17.0 Å². The molecule has 1 aromatic carbocycles. The van der Waals surface area contributed by atoms with Gasteiger partial charge in [-0.3, -0.25) is 0 Å². The van der Waals surface area contributed by atoms with Crippen LogP contribution in [0.1, 0.15) is 18.1 Å². The largest absolute Gasteiger partial charge is 0.390 e. The highest BCUT2D eigenvalue weighted by Gasteiger charge is 2.03. The number of hydrogen-bond acceptors (Lipinski definition) is 4. The zero-order valence-electron chi connectivity index (χ0n) is 10.7. The van der Waals surface area contributed by atoms with Gasteiger partial charge in [0, 0.05) is 17.9 Å². The number of nitrogens with one attached hydrogen (secondary N) is 2. The van der Waals surface area contributed by atoms with E-state index >= 15 is 0 Å². The van der Waals surface area contributed by atoms with E-state index in [1.165, 1.54) is 0 Å². The summed E-state index contributed by atoms with van der Waals surface area (Å²) in [5, 5.41) is 20.2. The summed E-state index contributed by atoms with van der Waals surface area (Å²) < 4.78 is 0. The molecule has 0 saturated heterocycles. The third-order valence-electron chi connectivity index (χ3n) is 2.36. The molecule has 3 nitrogen and oxygen atoms in total. The summed E-state index contributed by atoms with van der Waals surface area (Å²) in [6.07, 6.45) is 3.46. The lowest BCUT2D eigenvalue weighted by atomic mass is 10.1. The van der Waals surface area contributed by atoms with Crippen LogP contribution in [0.15, 0.2) is 30.5 Å². The van der Waals surface area contributed by atoms with Crippen LogP contribution in [0.4, 0.5) is 0 Å². The van der Waals surface area contributed by atoms with E-state index in [4.69, 9.17) is 22.3 Å². The molecule has 0 spiro atoms. The van der Waals surface area contributed by atoms with Crippen molar-refractivity contribution in [2.45, 2.75) is 6.92 Å². The van der Waals surface area contributed by atoms with Crippen LogP contribution in [0, 0.1) is 16.7 Å². The van der Waals surface area contributed by atoms with Gasteiger partial charge < -0.3 is 10.7 Å². The quantitative estimate of drug-likeness (QED) is 0.598. The van der Waals surface area contributed by atoms with Gasteiger partial charge in [0.1, 0.15) is 6.07 Å². The molecule has 100 valence electrons. The van der Waals surface area contributed by atoms with E-state index < -0.39 is 0 Å². The molecule has 19 heavy (non-hydrogen) atoms. The molecule has 0 aliphatic rings. The first-order chi connectivity index (χ1) is 9.19. The molecule has 0 heterocycles. The second-order valence-corrected chi connectivity index (χ2v) is 5.51. The molecule has 0 aliphatic heterocycles. The Bertz CT molecular complexity index is 506. The Morgan fingerprint density at radius 1 is 1.58 bits per heavy atom. The number of nitriles is 1. The minimum Gasteiger partial charge on any atom is -0.390 e. The lowest BCUT2D eigenvalue weighted by Crippen LogP contribution is -2.10. The third-order valence-corrected chi connectivity index (χ3v) is 3.58. The van der Waals surface area contributed by atoms with Crippen LogP contribution >= 0.6 is 23.4 Å². The molecular weight excluding hydrogens is 278 g/mol. The molecule has 0 fully saturated rings. The van der Waals surface area contributed by atoms with Gasteiger partial charge in [-0.05, 0) is 30.2 Å². The highest BCUT2D eigenvalue weighted by molar-refractivity contribution is 7.99. The van der Waals surface area contributed by atoms with E-state index in [0.717, 1.165) is 18.1 Å². The van der Waals surface area contributed by atoms with Crippen molar-refractivity contribution in [3.05, 3.63) is 46.6 Å². The van der Waals surface area contributed by atoms with E-state index in [1.54, 1.807) is 30.5 Å². The standard InChI is InChI=1S/C14H16ClN3S/c1-2-19-8-7-18-6-5-14(17)11-3-4-12(10-16)13(15)9-11/h3-6,9,17-18H,2,7-8H2,1H3/b6-5-,17-14?. The monoisotopic (exact) mass is 293 g/mol. The third kappa shape index (κ3) is 5.37. The van der Waals surface area contributed by atoms with Crippen LogP contribution in [0.5, 0.6) is 0 Å². The normalized spacial score (nSPS) is 10.4. The molecule has 0 saturated carbocycles. The van der Waals surface area contributed by atoms with Crippen LogP contribution < -0.4 is 5.32 Å². The number of benzene rings is 1. The number of thioether (sulfide) groups is 1. The highest BCUT2D eigenvalue weighted by Crippen LogP contribution is 2.17. The van der Waals surface area contributed by atoms with Gasteiger partial charge in [0.25, 0.3) is 0 Å². The second-order valence-electron chi connectivity index (χ2n) is 3.70. The summed E-state index contributed by atoms with van der Waals surface area (Å²) in [6.45, 7) is 3.02. The summed E-state index contributed by atoms with van der Waals surface area (Å²) in [4.78, 5) is 0. The number of rotatable bonds is 7. The highest BCUT2D eigenvalue weighted by atomic mass is 35.5. The van der Waals surface area contributed by atoms with Gasteiger partial charge in [0.05, 0.1) is 16.3 Å². The Kier molecular flexibility index (Phi) is 7.09. The first-order valence-electron chi connectivity index (χ1n) is 5.95. The van der Waals surface area contributed by atoms with Crippen molar-refractivity contribution in [3.63, 3.8) is 0 Å². The fraction of sp³-hybridized carbons (Fsp3) is 0.286. The van der Waals surface area contributed by atoms with Crippen molar-refractivity contribution < 1.29 is 0 Å². The maximum Gasteiger partial charge on any atom is 0.101 e. The molecule has 0 aliphatic carbocycles. The van der Waals surface area contributed by atoms with E-state index in [1.807, 2.05) is 17.8 Å². The minimum atomic E-state index is 0.363. The Morgan fingerprint density at radius 2 is 2.37 bits per heavy atom. The predicted octanol–water partition coefficient (Wildman–Crippen LogP) is 3.44. The second kappa shape index (κ2) is 8.63. The lowest BCUT2D eigenvalue weighted by Gasteiger charge is -2.02. The fourth-order valence-electron chi connectivity index (χ4n) is 1.37. The molecule has 1 aromatic rings. The van der Waals surface area contributed by atoms with Crippen molar-refractivity contribution in [2.75, 3.05) is 18.1 Å². The summed E-state index contributed by atoms with van der Waals surface area (Å²) in [5.74, 6) is 2.17. The van der Waals surface area contributed by atoms with Crippen LogP contribution in [0.2, 0.25) is 5.02 Å². The van der Waals surface area contributed by atoms with Gasteiger partial charge >= 0.3 is 0 Å². The molecular formula is C14H16ClN3S. The van der Waals surface area contributed by atoms with Crippen LogP contribution in [0.3, 0.4) is 0 Å². The van der Waals surface area contributed by atoms with Gasteiger partial charge in [-0.15, -0.1) is 0 Å². The van der Waals surface area contributed by atoms with E-state index in [9.17, 15) is 0 Å². The van der Waals surface area contributed by atoms with E-state index in [-0.39, 0.29) is 0 Å². The summed E-state index contributed by atoms with van der Waals surface area (Å²) in [5.41, 5.74) is 1.49. The summed E-state index contributed by atoms with van der Waals surface area (Å²) in [6, 6.07) is 6.99. The Balaban J connectivity index is 2.52. The van der Waals surface area contributed by atoms with E-state index in [2.05, 4.69) is 12.2 Å². The van der Waals surface area contributed by atoms with Crippen LogP contribution in [-0.4, -0.2) is 23.8 Å². The molecule has 0 radical (unpaired) electrons. The number of hydrogen-bond donors (Lipinski definition) is 2. The number of allylic oxidation sites excluding steroid dienone is 1. The molecule has 2 N–H and O–H groups in total. The Hall–Kier alpha value is -1.44. The summed E-state index contributed by atoms with van der Waals surface area (Å²) >= 11 is 7.80. The van der Waals surface area contributed by atoms with Gasteiger partial charge in [0.15, 0.2) is 0 Å². The van der Waals surface area contributed by atoms with Crippen LogP contribution in [-0.2, 0) is 0 Å². The lowest BCUT2D eigenvalue weighted by molar-refractivity contribution is 0.930. The van der Waals surface area contributed by atoms with Gasteiger partial charge in [-0.25, -0.2) is 0 Å². The zero-order valence-corrected chi connectivity index (χ0v) is 12.3. The fourth-order valence-corrected chi connectivity index (χ4v) is 2.14. The topological polar surface area (TPSA) is 59.7 Å². The van der Waals surface area contributed by atoms with Gasteiger partial charge in [-0.1, -0.05) is 24.6 Å². The van der Waals surface area contributed by atoms with Crippen molar-refractivity contribution in [2.24, 2.45) is 0 Å². The van der Waals surface area contributed by atoms with Gasteiger partial charge in [0.2, 0.25) is 0 Å². The molecule has 5 heteroatoms. The minimum absolute atomic E-state index is 0.363. The van der Waals surface area contributed by atoms with Crippen molar-refractivity contribution in [3.8, 4) is 6.07 Å². The Labute approximate surface area is 123 Å². The average Bonchev–Trinajstić information content (AvgIpc) is 2.42. The SMILES string of the molecule is CCSCCN/C=C\C(=N)c1ccc(C#N)c(Cl)c1. The Morgan fingerprint density at radius 3 is 3.00 bits per heavy atom. The number of nitrogens with zero attached hydrogens (tertiary/aromatic N) is 1. The zero-order chi connectivity index (χ0) is 14.1. The molecule has 0 bridgehead atoms. The molecule has 0 amide bonds. The maximum atomic E-state index is 8.78. The van der Waals surface area contributed by atoms with Crippen molar-refractivity contribution in [1.82, 2.24) is 5.32 Å². The molecule has 0 aromatic heterocycles. The predicted molar refractivity (Wildman–Crippen MR) is 83.1 cm³/mol. The maximum absolute atomic E-state index is 8.78. The first-order valence-corrected chi connectivity index (χ1v) is 7.48. The average molecular weight is 294 g/mol. The number of halogens is 1. The first kappa shape index (κ1) is 15.6. The molecule has 0 atom stereocenters. The van der Waals surface area contributed by atoms with Crippen molar-refractivity contribution >= 4 is 29.1 Å². The van der Waals surface area contributed by atoms with Crippen LogP contribution in [0.25, 0.3) is 0 Å². The van der Waals surface area contributed by atoms with Crippen molar-refractivity contribution in [1.29, 1.82) is 10.7 Å². The summed E-state index contributed by atoms with van der Waals surface area (Å²) in [7, 11) is 0. The molecule has 1 rings (SSSR count). The smallest absolute Gasteiger partial charge is 0.101 e. The van der Waals surface area contributed by atoms with E-state index in [0.29, 0.717) is 21.9 Å².